The molecule has 2 atom stereocenters. The molecular formula is C9H13N3O2. The van der Waals surface area contributed by atoms with E-state index in [9.17, 15) is 4.79 Å². The first-order valence-electron chi connectivity index (χ1n) is 4.70. The van der Waals surface area contributed by atoms with E-state index in [-0.39, 0.29) is 24.2 Å². The molecule has 1 aliphatic heterocycles. The molecular weight excluding hydrogens is 182 g/mol. The maximum atomic E-state index is 11.4. The van der Waals surface area contributed by atoms with Crippen molar-refractivity contribution >= 4 is 0 Å². The zero-order valence-electron chi connectivity index (χ0n) is 7.73. The number of aliphatic hydroxyl groups is 1. The molecule has 5 nitrogen and oxygen atoms in total. The van der Waals surface area contributed by atoms with Crippen molar-refractivity contribution in [1.82, 2.24) is 15.3 Å². The van der Waals surface area contributed by atoms with E-state index >= 15 is 0 Å². The van der Waals surface area contributed by atoms with Crippen molar-refractivity contribution in [2.75, 3.05) is 6.61 Å². The first-order chi connectivity index (χ1) is 6.81. The number of hydrogen-bond acceptors (Lipinski definition) is 4. The smallest absolute Gasteiger partial charge is 0.255 e. The fourth-order valence-electron chi connectivity index (χ4n) is 1.81. The highest BCUT2D eigenvalue weighted by Crippen LogP contribution is 2.23. The van der Waals surface area contributed by atoms with Gasteiger partial charge in [0.05, 0.1) is 18.5 Å². The van der Waals surface area contributed by atoms with Crippen LogP contribution in [-0.2, 0) is 0 Å². The highest BCUT2D eigenvalue weighted by atomic mass is 16.3. The quantitative estimate of drug-likeness (QED) is 0.597. The van der Waals surface area contributed by atoms with Crippen molar-refractivity contribution in [3.8, 4) is 0 Å². The number of aliphatic hydroxyl groups excluding tert-OH is 1. The van der Waals surface area contributed by atoms with Crippen LogP contribution in [0.1, 0.15) is 24.4 Å². The second-order valence-corrected chi connectivity index (χ2v) is 3.51. The third-order valence-electron chi connectivity index (χ3n) is 2.58. The van der Waals surface area contributed by atoms with Crippen LogP contribution < -0.4 is 10.9 Å². The topological polar surface area (TPSA) is 78.0 Å². The number of nitrogens with zero attached hydrogens (tertiary/aromatic N) is 1. The standard InChI is InChI=1S/C9H13N3O2/c13-4-6-1-2-8(12-6)7-3-10-5-11-9(7)14/h3,5-6,8,12-13H,1-2,4H2,(H,10,11,14)/t6-,8+/m0/s1. The summed E-state index contributed by atoms with van der Waals surface area (Å²) in [6.45, 7) is 0.120. The highest BCUT2D eigenvalue weighted by Gasteiger charge is 2.25. The number of nitrogens with one attached hydrogen (secondary N) is 2. The van der Waals surface area contributed by atoms with Gasteiger partial charge in [0.1, 0.15) is 0 Å². The molecule has 76 valence electrons. The Morgan fingerprint density at radius 2 is 2.43 bits per heavy atom. The van der Waals surface area contributed by atoms with Crippen LogP contribution in [0.25, 0.3) is 0 Å². The zero-order chi connectivity index (χ0) is 9.97. The maximum Gasteiger partial charge on any atom is 0.255 e. The van der Waals surface area contributed by atoms with E-state index in [1.54, 1.807) is 6.20 Å². The largest absolute Gasteiger partial charge is 0.395 e. The third-order valence-corrected chi connectivity index (χ3v) is 2.58. The Kier molecular flexibility index (Phi) is 2.60. The van der Waals surface area contributed by atoms with Crippen LogP contribution in [0.2, 0.25) is 0 Å². The van der Waals surface area contributed by atoms with E-state index < -0.39 is 0 Å². The van der Waals surface area contributed by atoms with Gasteiger partial charge < -0.3 is 15.4 Å². The van der Waals surface area contributed by atoms with E-state index in [0.29, 0.717) is 5.56 Å². The highest BCUT2D eigenvalue weighted by molar-refractivity contribution is 5.12. The third kappa shape index (κ3) is 1.69. The lowest BCUT2D eigenvalue weighted by molar-refractivity contribution is 0.251. The normalized spacial score (nSPS) is 26.6. The van der Waals surface area contributed by atoms with Gasteiger partial charge in [0.15, 0.2) is 0 Å². The molecule has 0 saturated carbocycles. The van der Waals surface area contributed by atoms with Gasteiger partial charge in [-0.05, 0) is 12.8 Å². The molecule has 1 fully saturated rings. The molecule has 1 saturated heterocycles. The summed E-state index contributed by atoms with van der Waals surface area (Å²) in [5, 5.41) is 12.1. The fourth-order valence-corrected chi connectivity index (χ4v) is 1.81. The van der Waals surface area contributed by atoms with Gasteiger partial charge in [-0.1, -0.05) is 0 Å². The van der Waals surface area contributed by atoms with Crippen molar-refractivity contribution in [1.29, 1.82) is 0 Å². The molecule has 2 rings (SSSR count). The zero-order valence-corrected chi connectivity index (χ0v) is 7.73. The Morgan fingerprint density at radius 3 is 3.07 bits per heavy atom. The summed E-state index contributed by atoms with van der Waals surface area (Å²) in [5.41, 5.74) is 0.555. The van der Waals surface area contributed by atoms with Gasteiger partial charge in [0.2, 0.25) is 0 Å². The maximum absolute atomic E-state index is 11.4. The summed E-state index contributed by atoms with van der Waals surface area (Å²) in [4.78, 5) is 17.8. The van der Waals surface area contributed by atoms with Crippen molar-refractivity contribution in [3.63, 3.8) is 0 Å². The molecule has 2 heterocycles. The minimum Gasteiger partial charge on any atom is -0.395 e. The first kappa shape index (κ1) is 9.36. The van der Waals surface area contributed by atoms with Crippen molar-refractivity contribution in [3.05, 3.63) is 28.4 Å². The molecule has 1 aromatic rings. The Bertz CT molecular complexity index is 363. The van der Waals surface area contributed by atoms with E-state index in [2.05, 4.69) is 15.3 Å². The number of rotatable bonds is 2. The van der Waals surface area contributed by atoms with Gasteiger partial charge in [-0.25, -0.2) is 4.98 Å². The summed E-state index contributed by atoms with van der Waals surface area (Å²) >= 11 is 0. The molecule has 0 spiro atoms. The monoisotopic (exact) mass is 195 g/mol. The average molecular weight is 195 g/mol. The van der Waals surface area contributed by atoms with Gasteiger partial charge >= 0.3 is 0 Å². The van der Waals surface area contributed by atoms with Crippen LogP contribution in [-0.4, -0.2) is 27.7 Å². The fraction of sp³-hybridized carbons (Fsp3) is 0.556. The van der Waals surface area contributed by atoms with Crippen LogP contribution in [0.15, 0.2) is 17.3 Å². The van der Waals surface area contributed by atoms with Gasteiger partial charge in [-0.3, -0.25) is 4.79 Å². The van der Waals surface area contributed by atoms with Crippen LogP contribution in [0, 0.1) is 0 Å². The lowest BCUT2D eigenvalue weighted by Gasteiger charge is -2.10. The van der Waals surface area contributed by atoms with Gasteiger partial charge in [0.25, 0.3) is 5.56 Å². The molecule has 1 aromatic heterocycles. The Hall–Kier alpha value is -1.20. The summed E-state index contributed by atoms with van der Waals surface area (Å²) in [6, 6.07) is 0.143. The molecule has 1 aliphatic rings. The van der Waals surface area contributed by atoms with Gasteiger partial charge in [-0.2, -0.15) is 0 Å². The Balaban J connectivity index is 2.18. The Morgan fingerprint density at radius 1 is 1.57 bits per heavy atom. The lowest BCUT2D eigenvalue weighted by Crippen LogP contribution is -2.30. The minimum atomic E-state index is -0.101. The van der Waals surface area contributed by atoms with E-state index in [0.717, 1.165) is 12.8 Å². The number of hydrogen-bond donors (Lipinski definition) is 3. The lowest BCUT2D eigenvalue weighted by atomic mass is 10.1. The number of H-pyrrole nitrogens is 1. The first-order valence-corrected chi connectivity index (χ1v) is 4.70. The predicted octanol–water partition coefficient (Wildman–Crippen LogP) is -0.445. The van der Waals surface area contributed by atoms with E-state index in [4.69, 9.17) is 5.11 Å². The second-order valence-electron chi connectivity index (χ2n) is 3.51. The summed E-state index contributed by atoms with van der Waals surface area (Å²) in [5.74, 6) is 0. The van der Waals surface area contributed by atoms with Crippen molar-refractivity contribution in [2.45, 2.75) is 24.9 Å². The van der Waals surface area contributed by atoms with Crippen molar-refractivity contribution in [2.24, 2.45) is 0 Å². The molecule has 0 aromatic carbocycles. The van der Waals surface area contributed by atoms with Crippen molar-refractivity contribution < 1.29 is 5.11 Å². The van der Waals surface area contributed by atoms with E-state index in [1.807, 2.05) is 0 Å². The average Bonchev–Trinajstić information content (AvgIpc) is 2.67. The molecule has 14 heavy (non-hydrogen) atoms. The SMILES string of the molecule is O=c1[nH]cncc1[C@H]1CC[C@@H](CO)N1. The van der Waals surface area contributed by atoms with Crippen LogP contribution >= 0.6 is 0 Å². The summed E-state index contributed by atoms with van der Waals surface area (Å²) < 4.78 is 0. The summed E-state index contributed by atoms with van der Waals surface area (Å²) in [6.07, 6.45) is 4.73. The van der Waals surface area contributed by atoms with Crippen LogP contribution in [0.4, 0.5) is 0 Å². The molecule has 0 radical (unpaired) electrons. The number of aromatic amines is 1. The van der Waals surface area contributed by atoms with Gasteiger partial charge in [0, 0.05) is 18.3 Å². The molecule has 5 heteroatoms. The molecule has 0 bridgehead atoms. The molecule has 0 aliphatic carbocycles. The molecule has 0 amide bonds. The predicted molar refractivity (Wildman–Crippen MR) is 50.8 cm³/mol. The second kappa shape index (κ2) is 3.89. The summed E-state index contributed by atoms with van der Waals surface area (Å²) in [7, 11) is 0. The minimum absolute atomic E-state index is 0.0320. The van der Waals surface area contributed by atoms with Crippen LogP contribution in [0.5, 0.6) is 0 Å². The van der Waals surface area contributed by atoms with Crippen LogP contribution in [0.3, 0.4) is 0 Å². The molecule has 0 unspecified atom stereocenters. The van der Waals surface area contributed by atoms with Gasteiger partial charge in [-0.15, -0.1) is 0 Å². The Labute approximate surface area is 81.2 Å². The number of aromatic nitrogens is 2. The van der Waals surface area contributed by atoms with E-state index in [1.165, 1.54) is 6.33 Å². The molecule has 3 N–H and O–H groups in total.